The number of benzene rings is 2. The molecule has 0 saturated carbocycles. The van der Waals surface area contributed by atoms with Gasteiger partial charge in [-0.3, -0.25) is 9.71 Å². The Balaban J connectivity index is 2.03. The fraction of sp³-hybridized carbons (Fsp3) is 0. The highest BCUT2D eigenvalue weighted by Crippen LogP contribution is 2.21. The number of sulfonamides is 1. The molecule has 6 nitrogen and oxygen atoms in total. The Hall–Kier alpha value is -2.61. The fourth-order valence-electron chi connectivity index (χ4n) is 1.85. The Kier molecular flexibility index (Phi) is 3.02. The third kappa shape index (κ3) is 2.52. The summed E-state index contributed by atoms with van der Waals surface area (Å²) in [6.45, 7) is 0. The summed E-state index contributed by atoms with van der Waals surface area (Å²) in [5.41, 5.74) is 0.333. The van der Waals surface area contributed by atoms with Crippen molar-refractivity contribution in [1.29, 1.82) is 0 Å². The van der Waals surface area contributed by atoms with Crippen molar-refractivity contribution in [1.82, 2.24) is 4.98 Å². The number of hydrogen-bond donors (Lipinski definition) is 2. The van der Waals surface area contributed by atoms with Crippen molar-refractivity contribution in [2.75, 3.05) is 4.72 Å². The molecule has 0 unspecified atom stereocenters. The van der Waals surface area contributed by atoms with Crippen LogP contribution in [0.2, 0.25) is 0 Å². The number of fused-ring (bicyclic) bond motifs is 1. The van der Waals surface area contributed by atoms with Crippen LogP contribution in [0.25, 0.3) is 11.1 Å². The number of hydrogen-bond acceptors (Lipinski definition) is 4. The second-order valence-electron chi connectivity index (χ2n) is 4.26. The molecule has 0 spiro atoms. The van der Waals surface area contributed by atoms with Crippen molar-refractivity contribution in [3.63, 3.8) is 0 Å². The predicted molar refractivity (Wildman–Crippen MR) is 74.0 cm³/mol. The second kappa shape index (κ2) is 4.74. The maximum Gasteiger partial charge on any atom is 0.417 e. The highest BCUT2D eigenvalue weighted by Gasteiger charge is 2.17. The molecule has 1 aromatic heterocycles. The van der Waals surface area contributed by atoms with Crippen molar-refractivity contribution >= 4 is 26.8 Å². The molecule has 1 heterocycles. The van der Waals surface area contributed by atoms with E-state index in [9.17, 15) is 17.6 Å². The molecule has 2 aromatic carbocycles. The molecule has 0 fully saturated rings. The van der Waals surface area contributed by atoms with Gasteiger partial charge in [0.1, 0.15) is 5.82 Å². The van der Waals surface area contributed by atoms with Gasteiger partial charge in [0.05, 0.1) is 16.1 Å². The molecule has 0 radical (unpaired) electrons. The van der Waals surface area contributed by atoms with Gasteiger partial charge in [0.2, 0.25) is 0 Å². The molecule has 3 aromatic rings. The maximum atomic E-state index is 13.5. The van der Waals surface area contributed by atoms with Gasteiger partial charge in [-0.15, -0.1) is 0 Å². The average Bonchev–Trinajstić information content (AvgIpc) is 2.80. The van der Waals surface area contributed by atoms with E-state index in [1.165, 1.54) is 36.4 Å². The molecule has 108 valence electrons. The Labute approximate surface area is 118 Å². The Morgan fingerprint density at radius 1 is 1.14 bits per heavy atom. The average molecular weight is 308 g/mol. The lowest BCUT2D eigenvalue weighted by molar-refractivity contribution is 0.555. The normalized spacial score (nSPS) is 11.7. The van der Waals surface area contributed by atoms with Crippen LogP contribution < -0.4 is 10.5 Å². The van der Waals surface area contributed by atoms with Gasteiger partial charge >= 0.3 is 5.76 Å². The number of anilines is 1. The highest BCUT2D eigenvalue weighted by atomic mass is 32.2. The first-order valence-corrected chi connectivity index (χ1v) is 7.34. The third-order valence-corrected chi connectivity index (χ3v) is 4.18. The molecule has 0 aliphatic heterocycles. The number of para-hydroxylation sites is 1. The van der Waals surface area contributed by atoms with Crippen LogP contribution in [0.3, 0.4) is 0 Å². The smallest absolute Gasteiger partial charge is 0.408 e. The van der Waals surface area contributed by atoms with Gasteiger partial charge in [-0.2, -0.15) is 0 Å². The lowest BCUT2D eigenvalue weighted by Crippen LogP contribution is -2.13. The zero-order valence-corrected chi connectivity index (χ0v) is 11.3. The zero-order valence-electron chi connectivity index (χ0n) is 10.5. The molecular formula is C13H9FN2O4S. The van der Waals surface area contributed by atoms with Crippen molar-refractivity contribution in [3.8, 4) is 0 Å². The van der Waals surface area contributed by atoms with E-state index in [1.54, 1.807) is 0 Å². The van der Waals surface area contributed by atoms with Gasteiger partial charge in [-0.05, 0) is 30.3 Å². The molecular weight excluding hydrogens is 299 g/mol. The lowest BCUT2D eigenvalue weighted by Gasteiger charge is -2.08. The van der Waals surface area contributed by atoms with Gasteiger partial charge in [0, 0.05) is 0 Å². The van der Waals surface area contributed by atoms with Crippen LogP contribution in [0.1, 0.15) is 0 Å². The molecule has 0 amide bonds. The minimum absolute atomic E-state index is 0.115. The van der Waals surface area contributed by atoms with Crippen LogP contribution in [-0.2, 0) is 10.0 Å². The lowest BCUT2D eigenvalue weighted by atomic mass is 10.3. The summed E-state index contributed by atoms with van der Waals surface area (Å²) in [5.74, 6) is -1.36. The molecule has 3 rings (SSSR count). The summed E-state index contributed by atoms with van der Waals surface area (Å²) >= 11 is 0. The largest absolute Gasteiger partial charge is 0.417 e. The fourth-order valence-corrected chi connectivity index (χ4v) is 2.94. The number of H-pyrrole nitrogens is 1. The Morgan fingerprint density at radius 2 is 1.90 bits per heavy atom. The van der Waals surface area contributed by atoms with Crippen molar-refractivity contribution < 1.29 is 17.2 Å². The van der Waals surface area contributed by atoms with E-state index in [0.717, 1.165) is 6.07 Å². The first kappa shape index (κ1) is 13.4. The van der Waals surface area contributed by atoms with Crippen molar-refractivity contribution in [2.45, 2.75) is 4.90 Å². The van der Waals surface area contributed by atoms with Crippen LogP contribution in [0, 0.1) is 5.82 Å². The summed E-state index contributed by atoms with van der Waals surface area (Å²) in [7, 11) is -3.97. The quantitative estimate of drug-likeness (QED) is 0.774. The molecule has 0 bridgehead atoms. The van der Waals surface area contributed by atoms with Gasteiger partial charge in [0.15, 0.2) is 5.58 Å². The van der Waals surface area contributed by atoms with Gasteiger partial charge < -0.3 is 4.42 Å². The third-order valence-electron chi connectivity index (χ3n) is 2.82. The summed E-state index contributed by atoms with van der Waals surface area (Å²) in [6, 6.07) is 9.28. The summed E-state index contributed by atoms with van der Waals surface area (Å²) < 4.78 is 44.8. The van der Waals surface area contributed by atoms with Crippen LogP contribution in [0.5, 0.6) is 0 Å². The number of aromatic amines is 1. The van der Waals surface area contributed by atoms with Gasteiger partial charge in [-0.25, -0.2) is 17.6 Å². The minimum atomic E-state index is -3.97. The van der Waals surface area contributed by atoms with E-state index in [1.807, 2.05) is 0 Å². The molecule has 0 aliphatic rings. The monoisotopic (exact) mass is 308 g/mol. The number of rotatable bonds is 3. The van der Waals surface area contributed by atoms with E-state index < -0.39 is 21.6 Å². The van der Waals surface area contributed by atoms with Crippen LogP contribution in [0.4, 0.5) is 10.1 Å². The first-order valence-electron chi connectivity index (χ1n) is 5.86. The highest BCUT2D eigenvalue weighted by molar-refractivity contribution is 7.92. The summed E-state index contributed by atoms with van der Waals surface area (Å²) in [5, 5.41) is 0. The Bertz CT molecular complexity index is 975. The molecule has 21 heavy (non-hydrogen) atoms. The molecule has 0 saturated heterocycles. The topological polar surface area (TPSA) is 92.2 Å². The van der Waals surface area contributed by atoms with Crippen LogP contribution in [0.15, 0.2) is 56.6 Å². The first-order chi connectivity index (χ1) is 9.95. The minimum Gasteiger partial charge on any atom is -0.408 e. The zero-order chi connectivity index (χ0) is 15.0. The van der Waals surface area contributed by atoms with Crippen LogP contribution in [-0.4, -0.2) is 13.4 Å². The molecule has 0 aliphatic carbocycles. The molecule has 8 heteroatoms. The van der Waals surface area contributed by atoms with E-state index in [4.69, 9.17) is 4.42 Å². The van der Waals surface area contributed by atoms with E-state index >= 15 is 0 Å². The summed E-state index contributed by atoms with van der Waals surface area (Å²) in [6.07, 6.45) is 0. The van der Waals surface area contributed by atoms with Crippen LogP contribution >= 0.6 is 0 Å². The van der Waals surface area contributed by atoms with E-state index in [0.29, 0.717) is 0 Å². The predicted octanol–water partition coefficient (Wildman–Crippen LogP) is 2.06. The number of nitrogens with one attached hydrogen (secondary N) is 2. The Morgan fingerprint density at radius 3 is 2.67 bits per heavy atom. The number of halogens is 1. The SMILES string of the molecule is O=c1[nH]c2cc(S(=O)(=O)Nc3ccccc3F)ccc2o1. The second-order valence-corrected chi connectivity index (χ2v) is 5.94. The van der Waals surface area contributed by atoms with Crippen molar-refractivity contribution in [2.24, 2.45) is 0 Å². The molecule has 2 N–H and O–H groups in total. The van der Waals surface area contributed by atoms with E-state index in [2.05, 4.69) is 9.71 Å². The van der Waals surface area contributed by atoms with E-state index in [-0.39, 0.29) is 21.7 Å². The maximum absolute atomic E-state index is 13.5. The van der Waals surface area contributed by atoms with Crippen molar-refractivity contribution in [3.05, 3.63) is 58.8 Å². The summed E-state index contributed by atoms with van der Waals surface area (Å²) in [4.78, 5) is 13.3. The standard InChI is InChI=1S/C13H9FN2O4S/c14-9-3-1-2-4-10(9)16-21(18,19)8-5-6-12-11(7-8)15-13(17)20-12/h1-7,16H,(H,15,17). The molecule has 0 atom stereocenters. The number of oxazole rings is 1. The van der Waals surface area contributed by atoms with Gasteiger partial charge in [0.25, 0.3) is 10.0 Å². The number of aromatic nitrogens is 1. The van der Waals surface area contributed by atoms with Gasteiger partial charge in [-0.1, -0.05) is 12.1 Å².